The molecule has 5 heteroatoms. The third kappa shape index (κ3) is 4.67. The maximum Gasteiger partial charge on any atom is 0.261 e. The van der Waals surface area contributed by atoms with Crippen LogP contribution in [0.5, 0.6) is 17.2 Å². The smallest absolute Gasteiger partial charge is 0.261 e. The molecule has 0 aliphatic rings. The van der Waals surface area contributed by atoms with Crippen molar-refractivity contribution >= 4 is 16.7 Å². The average molecular weight is 408 g/mol. The van der Waals surface area contributed by atoms with Crippen LogP contribution >= 0.6 is 0 Å². The number of rotatable bonds is 9. The first-order chi connectivity index (χ1) is 14.6. The van der Waals surface area contributed by atoms with Crippen LogP contribution in [0.2, 0.25) is 0 Å². The standard InChI is InChI=1S/C25H29NO4/c1-5-20(18-14-15-23(28-3)24(16-18)29-4)26-25(27)21(6-2)30-22-13-9-11-17-10-7-8-12-19(17)22/h7-16,20-21H,5-6H2,1-4H3,(H,26,27). The van der Waals surface area contributed by atoms with E-state index in [-0.39, 0.29) is 11.9 Å². The van der Waals surface area contributed by atoms with Crippen molar-refractivity contribution in [1.29, 1.82) is 0 Å². The molecule has 0 bridgehead atoms. The Kier molecular flexibility index (Phi) is 7.17. The molecule has 0 spiro atoms. The lowest BCUT2D eigenvalue weighted by Crippen LogP contribution is -2.40. The molecule has 2 unspecified atom stereocenters. The summed E-state index contributed by atoms with van der Waals surface area (Å²) in [6, 6.07) is 19.4. The summed E-state index contributed by atoms with van der Waals surface area (Å²) in [5.74, 6) is 1.89. The molecule has 0 aliphatic heterocycles. The van der Waals surface area contributed by atoms with Gasteiger partial charge < -0.3 is 19.5 Å². The predicted octanol–water partition coefficient (Wildman–Crippen LogP) is 5.28. The summed E-state index contributed by atoms with van der Waals surface area (Å²) in [6.07, 6.45) is 0.730. The highest BCUT2D eigenvalue weighted by atomic mass is 16.5. The van der Waals surface area contributed by atoms with Gasteiger partial charge in [0, 0.05) is 5.39 Å². The molecule has 1 N–H and O–H groups in total. The number of fused-ring (bicyclic) bond motifs is 1. The van der Waals surface area contributed by atoms with Gasteiger partial charge in [-0.25, -0.2) is 0 Å². The van der Waals surface area contributed by atoms with E-state index in [1.54, 1.807) is 14.2 Å². The second-order valence-corrected chi connectivity index (χ2v) is 7.08. The molecule has 2 atom stereocenters. The Morgan fingerprint density at radius 1 is 0.867 bits per heavy atom. The van der Waals surface area contributed by atoms with Crippen LogP contribution in [0.15, 0.2) is 60.7 Å². The Labute approximate surface area is 178 Å². The predicted molar refractivity (Wildman–Crippen MR) is 119 cm³/mol. The molecule has 0 radical (unpaired) electrons. The third-order valence-corrected chi connectivity index (χ3v) is 5.22. The van der Waals surface area contributed by atoms with Crippen molar-refractivity contribution in [1.82, 2.24) is 5.32 Å². The summed E-state index contributed by atoms with van der Waals surface area (Å²) in [4.78, 5) is 13.0. The van der Waals surface area contributed by atoms with Crippen LogP contribution in [0.4, 0.5) is 0 Å². The van der Waals surface area contributed by atoms with E-state index < -0.39 is 6.10 Å². The topological polar surface area (TPSA) is 56.8 Å². The van der Waals surface area contributed by atoms with Crippen molar-refractivity contribution in [3.8, 4) is 17.2 Å². The molecule has 3 rings (SSSR count). The minimum Gasteiger partial charge on any atom is -0.493 e. The van der Waals surface area contributed by atoms with Crippen molar-refractivity contribution in [3.05, 3.63) is 66.2 Å². The highest BCUT2D eigenvalue weighted by molar-refractivity contribution is 5.89. The van der Waals surface area contributed by atoms with E-state index in [9.17, 15) is 4.79 Å². The first-order valence-corrected chi connectivity index (χ1v) is 10.3. The maximum atomic E-state index is 13.0. The van der Waals surface area contributed by atoms with Crippen LogP contribution in [-0.2, 0) is 4.79 Å². The van der Waals surface area contributed by atoms with Gasteiger partial charge in [0.2, 0.25) is 0 Å². The molecule has 30 heavy (non-hydrogen) atoms. The molecule has 0 saturated heterocycles. The number of benzene rings is 3. The largest absolute Gasteiger partial charge is 0.493 e. The fraction of sp³-hybridized carbons (Fsp3) is 0.320. The van der Waals surface area contributed by atoms with Crippen LogP contribution in [0.1, 0.15) is 38.3 Å². The van der Waals surface area contributed by atoms with Crippen LogP contribution in [0.25, 0.3) is 10.8 Å². The van der Waals surface area contributed by atoms with E-state index >= 15 is 0 Å². The molecule has 0 aromatic heterocycles. The molecule has 0 aliphatic carbocycles. The van der Waals surface area contributed by atoms with E-state index in [2.05, 4.69) is 5.32 Å². The monoisotopic (exact) mass is 407 g/mol. The minimum atomic E-state index is -0.579. The molecule has 3 aromatic carbocycles. The summed E-state index contributed by atoms with van der Waals surface area (Å²) in [7, 11) is 3.21. The zero-order valence-electron chi connectivity index (χ0n) is 18.0. The molecule has 0 fully saturated rings. The molecular formula is C25H29NO4. The van der Waals surface area contributed by atoms with Crippen molar-refractivity contribution in [3.63, 3.8) is 0 Å². The second-order valence-electron chi connectivity index (χ2n) is 7.08. The molecule has 1 amide bonds. The molecule has 0 heterocycles. The zero-order valence-corrected chi connectivity index (χ0v) is 18.0. The van der Waals surface area contributed by atoms with Crippen LogP contribution in [0, 0.1) is 0 Å². The van der Waals surface area contributed by atoms with E-state index in [1.807, 2.05) is 74.5 Å². The molecule has 3 aromatic rings. The molecule has 158 valence electrons. The Morgan fingerprint density at radius 3 is 2.30 bits per heavy atom. The van der Waals surface area contributed by atoms with E-state index in [1.165, 1.54) is 0 Å². The number of methoxy groups -OCH3 is 2. The number of ether oxygens (including phenoxy) is 3. The summed E-state index contributed by atoms with van der Waals surface area (Å²) in [5.41, 5.74) is 0.962. The number of amides is 1. The fourth-order valence-corrected chi connectivity index (χ4v) is 3.53. The number of hydrogen-bond acceptors (Lipinski definition) is 4. The van der Waals surface area contributed by atoms with Crippen molar-refractivity contribution in [2.24, 2.45) is 0 Å². The summed E-state index contributed by atoms with van der Waals surface area (Å²) in [6.45, 7) is 3.99. The lowest BCUT2D eigenvalue weighted by Gasteiger charge is -2.23. The highest BCUT2D eigenvalue weighted by Crippen LogP contribution is 2.31. The average Bonchev–Trinajstić information content (AvgIpc) is 2.80. The molecule has 0 saturated carbocycles. The van der Waals surface area contributed by atoms with E-state index in [0.29, 0.717) is 23.7 Å². The SMILES string of the molecule is CCC(Oc1cccc2ccccc12)C(=O)NC(CC)c1ccc(OC)c(OC)c1. The Hall–Kier alpha value is -3.21. The second kappa shape index (κ2) is 10.0. The zero-order chi connectivity index (χ0) is 21.5. The van der Waals surface area contributed by atoms with Crippen LogP contribution in [0.3, 0.4) is 0 Å². The van der Waals surface area contributed by atoms with Crippen LogP contribution < -0.4 is 19.5 Å². The Bertz CT molecular complexity index is 996. The number of hydrogen-bond donors (Lipinski definition) is 1. The summed E-state index contributed by atoms with van der Waals surface area (Å²) < 4.78 is 16.9. The van der Waals surface area contributed by atoms with E-state index in [0.717, 1.165) is 22.8 Å². The van der Waals surface area contributed by atoms with E-state index in [4.69, 9.17) is 14.2 Å². The van der Waals surface area contributed by atoms with Gasteiger partial charge in [-0.05, 0) is 42.0 Å². The van der Waals surface area contributed by atoms with Gasteiger partial charge >= 0.3 is 0 Å². The first kappa shape index (κ1) is 21.5. The van der Waals surface area contributed by atoms with Gasteiger partial charge in [-0.3, -0.25) is 4.79 Å². The normalized spacial score (nSPS) is 12.8. The summed E-state index contributed by atoms with van der Waals surface area (Å²) in [5, 5.41) is 5.21. The van der Waals surface area contributed by atoms with Gasteiger partial charge in [0.25, 0.3) is 5.91 Å². The van der Waals surface area contributed by atoms with Crippen molar-refractivity contribution in [2.75, 3.05) is 14.2 Å². The number of nitrogens with one attached hydrogen (secondary N) is 1. The third-order valence-electron chi connectivity index (χ3n) is 5.22. The van der Waals surface area contributed by atoms with Crippen molar-refractivity contribution < 1.29 is 19.0 Å². The van der Waals surface area contributed by atoms with Crippen LogP contribution in [-0.4, -0.2) is 26.2 Å². The Balaban J connectivity index is 1.78. The first-order valence-electron chi connectivity index (χ1n) is 10.3. The summed E-state index contributed by atoms with van der Waals surface area (Å²) >= 11 is 0. The van der Waals surface area contributed by atoms with Gasteiger partial charge in [0.05, 0.1) is 20.3 Å². The molecule has 5 nitrogen and oxygen atoms in total. The lowest BCUT2D eigenvalue weighted by molar-refractivity contribution is -0.128. The minimum absolute atomic E-state index is 0.132. The fourth-order valence-electron chi connectivity index (χ4n) is 3.53. The number of carbonyl (C=O) groups is 1. The molecular weight excluding hydrogens is 378 g/mol. The van der Waals surface area contributed by atoms with Crippen molar-refractivity contribution in [2.45, 2.75) is 38.8 Å². The van der Waals surface area contributed by atoms with Gasteiger partial charge in [-0.1, -0.05) is 56.3 Å². The maximum absolute atomic E-state index is 13.0. The van der Waals surface area contributed by atoms with Gasteiger partial charge in [-0.15, -0.1) is 0 Å². The number of carbonyl (C=O) groups excluding carboxylic acids is 1. The highest BCUT2D eigenvalue weighted by Gasteiger charge is 2.23. The lowest BCUT2D eigenvalue weighted by atomic mass is 10.0. The van der Waals surface area contributed by atoms with Gasteiger partial charge in [0.15, 0.2) is 17.6 Å². The van der Waals surface area contributed by atoms with Gasteiger partial charge in [-0.2, -0.15) is 0 Å². The quantitative estimate of drug-likeness (QED) is 0.524. The van der Waals surface area contributed by atoms with Gasteiger partial charge in [0.1, 0.15) is 5.75 Å². The Morgan fingerprint density at radius 2 is 1.60 bits per heavy atom.